The first kappa shape index (κ1) is 11.0. The Balaban J connectivity index is 2.57. The highest BCUT2D eigenvalue weighted by atomic mass is 16.4. The number of nitrogens with zero attached hydrogens (tertiary/aromatic N) is 2. The summed E-state index contributed by atoms with van der Waals surface area (Å²) in [7, 11) is 0. The van der Waals surface area contributed by atoms with Crippen LogP contribution in [0.5, 0.6) is 0 Å². The largest absolute Gasteiger partial charge is 0.408 e. The van der Waals surface area contributed by atoms with E-state index in [2.05, 4.69) is 29.4 Å². The van der Waals surface area contributed by atoms with E-state index < -0.39 is 0 Å². The average molecular weight is 199 g/mol. The number of aliphatic hydroxyl groups is 1. The highest BCUT2D eigenvalue weighted by molar-refractivity contribution is 5.17. The van der Waals surface area contributed by atoms with Gasteiger partial charge in [0.2, 0.25) is 5.89 Å². The molecule has 5 heteroatoms. The topological polar surface area (TPSA) is 71.2 Å². The molecule has 1 rings (SSSR count). The molecule has 0 spiro atoms. The lowest BCUT2D eigenvalue weighted by molar-refractivity contribution is 0.309. The molecule has 0 aliphatic rings. The van der Waals surface area contributed by atoms with Crippen molar-refractivity contribution in [3.05, 3.63) is 5.89 Å². The van der Waals surface area contributed by atoms with Gasteiger partial charge in [-0.1, -0.05) is 18.9 Å². The van der Waals surface area contributed by atoms with Crippen molar-refractivity contribution >= 4 is 6.01 Å². The molecule has 1 aromatic heterocycles. The number of nitrogens with one attached hydrogen (secondary N) is 1. The Morgan fingerprint density at radius 2 is 2.07 bits per heavy atom. The van der Waals surface area contributed by atoms with Gasteiger partial charge in [-0.2, -0.15) is 0 Å². The van der Waals surface area contributed by atoms with Crippen LogP contribution in [0.1, 0.15) is 38.5 Å². The average Bonchev–Trinajstić information content (AvgIpc) is 2.65. The number of aliphatic hydroxyl groups excluding tert-OH is 1. The molecule has 1 aromatic rings. The van der Waals surface area contributed by atoms with Crippen molar-refractivity contribution in [3.8, 4) is 0 Å². The maximum absolute atomic E-state index is 8.58. The minimum atomic E-state index is 0.0582. The molecule has 5 nitrogen and oxygen atoms in total. The first-order valence-corrected chi connectivity index (χ1v) is 4.99. The van der Waals surface area contributed by atoms with Gasteiger partial charge in [-0.25, -0.2) is 0 Å². The molecular weight excluding hydrogens is 182 g/mol. The van der Waals surface area contributed by atoms with E-state index in [1.807, 2.05) is 0 Å². The third-order valence-corrected chi connectivity index (χ3v) is 2.16. The van der Waals surface area contributed by atoms with Gasteiger partial charge in [0.1, 0.15) is 0 Å². The van der Waals surface area contributed by atoms with Crippen molar-refractivity contribution in [2.45, 2.75) is 32.6 Å². The third kappa shape index (κ3) is 2.70. The van der Waals surface area contributed by atoms with Crippen molar-refractivity contribution in [2.24, 2.45) is 0 Å². The van der Waals surface area contributed by atoms with Gasteiger partial charge in [-0.3, -0.25) is 0 Å². The minimum Gasteiger partial charge on any atom is -0.408 e. The lowest BCUT2D eigenvalue weighted by Gasteiger charge is -2.04. The van der Waals surface area contributed by atoms with Gasteiger partial charge in [-0.15, -0.1) is 5.10 Å². The van der Waals surface area contributed by atoms with Crippen LogP contribution in [0.3, 0.4) is 0 Å². The SMILES string of the molecule is CCC(CC)c1nnc(NCCO)o1. The van der Waals surface area contributed by atoms with E-state index >= 15 is 0 Å². The van der Waals surface area contributed by atoms with E-state index in [0.29, 0.717) is 24.4 Å². The van der Waals surface area contributed by atoms with Crippen molar-refractivity contribution < 1.29 is 9.52 Å². The van der Waals surface area contributed by atoms with E-state index in [1.54, 1.807) is 0 Å². The second kappa shape index (κ2) is 5.59. The van der Waals surface area contributed by atoms with Gasteiger partial charge >= 0.3 is 6.01 Å². The number of aromatic nitrogens is 2. The summed E-state index contributed by atoms with van der Waals surface area (Å²) in [5, 5.41) is 19.2. The fourth-order valence-corrected chi connectivity index (χ4v) is 1.27. The molecule has 1 heterocycles. The summed E-state index contributed by atoms with van der Waals surface area (Å²) in [6, 6.07) is 0.390. The van der Waals surface area contributed by atoms with Crippen LogP contribution in [0.2, 0.25) is 0 Å². The van der Waals surface area contributed by atoms with E-state index in [4.69, 9.17) is 9.52 Å². The van der Waals surface area contributed by atoms with Crippen molar-refractivity contribution in [2.75, 3.05) is 18.5 Å². The van der Waals surface area contributed by atoms with Crippen molar-refractivity contribution in [1.82, 2.24) is 10.2 Å². The van der Waals surface area contributed by atoms with E-state index in [1.165, 1.54) is 0 Å². The number of hydrogen-bond acceptors (Lipinski definition) is 5. The van der Waals surface area contributed by atoms with Crippen LogP contribution >= 0.6 is 0 Å². The van der Waals surface area contributed by atoms with Gasteiger partial charge in [0.15, 0.2) is 0 Å². The van der Waals surface area contributed by atoms with Crippen molar-refractivity contribution in [3.63, 3.8) is 0 Å². The number of hydrogen-bond donors (Lipinski definition) is 2. The molecule has 0 radical (unpaired) electrons. The summed E-state index contributed by atoms with van der Waals surface area (Å²) in [6.07, 6.45) is 2.00. The lowest BCUT2D eigenvalue weighted by Crippen LogP contribution is -2.05. The zero-order chi connectivity index (χ0) is 10.4. The molecule has 14 heavy (non-hydrogen) atoms. The molecule has 0 fully saturated rings. The quantitative estimate of drug-likeness (QED) is 0.724. The summed E-state index contributed by atoms with van der Waals surface area (Å²) < 4.78 is 5.39. The van der Waals surface area contributed by atoms with Gasteiger partial charge in [0.25, 0.3) is 0 Å². The third-order valence-electron chi connectivity index (χ3n) is 2.16. The molecular formula is C9H17N3O2. The van der Waals surface area contributed by atoms with Gasteiger partial charge in [0, 0.05) is 12.5 Å². The predicted octanol–water partition coefficient (Wildman–Crippen LogP) is 1.38. The molecule has 0 unspecified atom stereocenters. The molecule has 80 valence electrons. The molecule has 0 saturated heterocycles. The summed E-state index contributed by atoms with van der Waals surface area (Å²) in [4.78, 5) is 0. The monoisotopic (exact) mass is 199 g/mol. The summed E-state index contributed by atoms with van der Waals surface area (Å²) >= 11 is 0. The smallest absolute Gasteiger partial charge is 0.315 e. The Morgan fingerprint density at radius 1 is 1.36 bits per heavy atom. The van der Waals surface area contributed by atoms with E-state index in [0.717, 1.165) is 12.8 Å². The predicted molar refractivity (Wildman–Crippen MR) is 53.2 cm³/mol. The molecule has 2 N–H and O–H groups in total. The Labute approximate surface area is 83.5 Å². The van der Waals surface area contributed by atoms with Crippen LogP contribution < -0.4 is 5.32 Å². The second-order valence-corrected chi connectivity index (χ2v) is 3.11. The van der Waals surface area contributed by atoms with Crippen LogP contribution in [0.25, 0.3) is 0 Å². The normalized spacial score (nSPS) is 10.9. The Kier molecular flexibility index (Phi) is 4.39. The maximum Gasteiger partial charge on any atom is 0.315 e. The molecule has 0 aliphatic heterocycles. The fraction of sp³-hybridized carbons (Fsp3) is 0.778. The van der Waals surface area contributed by atoms with Crippen LogP contribution in [0.4, 0.5) is 6.01 Å². The molecule has 0 amide bonds. The minimum absolute atomic E-state index is 0.0582. The summed E-state index contributed by atoms with van der Waals surface area (Å²) in [5.74, 6) is 1.02. The number of rotatable bonds is 6. The molecule has 0 atom stereocenters. The molecule has 0 saturated carbocycles. The molecule has 0 aliphatic carbocycles. The zero-order valence-electron chi connectivity index (χ0n) is 8.66. The highest BCUT2D eigenvalue weighted by Crippen LogP contribution is 2.22. The van der Waals surface area contributed by atoms with Crippen LogP contribution in [0, 0.1) is 0 Å². The maximum atomic E-state index is 8.58. The Bertz CT molecular complexity index is 258. The first-order valence-electron chi connectivity index (χ1n) is 4.99. The van der Waals surface area contributed by atoms with E-state index in [9.17, 15) is 0 Å². The second-order valence-electron chi connectivity index (χ2n) is 3.11. The number of anilines is 1. The highest BCUT2D eigenvalue weighted by Gasteiger charge is 2.14. The van der Waals surface area contributed by atoms with Crippen LogP contribution in [-0.2, 0) is 0 Å². The first-order chi connectivity index (χ1) is 6.81. The Hall–Kier alpha value is -1.10. The standard InChI is InChI=1S/C9H17N3O2/c1-3-7(4-2)8-11-12-9(14-8)10-5-6-13/h7,13H,3-6H2,1-2H3,(H,10,12). The van der Waals surface area contributed by atoms with Gasteiger partial charge in [-0.05, 0) is 12.8 Å². The van der Waals surface area contributed by atoms with Crippen molar-refractivity contribution in [1.29, 1.82) is 0 Å². The van der Waals surface area contributed by atoms with Crippen LogP contribution in [0.15, 0.2) is 4.42 Å². The lowest BCUT2D eigenvalue weighted by atomic mass is 10.0. The summed E-state index contributed by atoms with van der Waals surface area (Å²) in [5.41, 5.74) is 0. The summed E-state index contributed by atoms with van der Waals surface area (Å²) in [6.45, 7) is 4.69. The zero-order valence-corrected chi connectivity index (χ0v) is 8.66. The fourth-order valence-electron chi connectivity index (χ4n) is 1.27. The van der Waals surface area contributed by atoms with E-state index in [-0.39, 0.29) is 6.61 Å². The Morgan fingerprint density at radius 3 is 2.64 bits per heavy atom. The van der Waals surface area contributed by atoms with Gasteiger partial charge in [0.05, 0.1) is 6.61 Å². The van der Waals surface area contributed by atoms with Crippen LogP contribution in [-0.4, -0.2) is 28.5 Å². The molecule has 0 aromatic carbocycles. The molecule has 0 bridgehead atoms. The van der Waals surface area contributed by atoms with Gasteiger partial charge < -0.3 is 14.8 Å².